The Morgan fingerprint density at radius 2 is 1.06 bits per heavy atom. The minimum atomic E-state index is -1.31. The van der Waals surface area contributed by atoms with E-state index < -0.39 is 58.5 Å². The summed E-state index contributed by atoms with van der Waals surface area (Å²) >= 11 is 0. The summed E-state index contributed by atoms with van der Waals surface area (Å²) in [5.74, 6) is -5.43. The summed E-state index contributed by atoms with van der Waals surface area (Å²) in [7, 11) is 0. The van der Waals surface area contributed by atoms with Crippen LogP contribution in [0.4, 0.5) is 0 Å². The lowest BCUT2D eigenvalue weighted by Crippen LogP contribution is -2.42. The molecule has 0 aromatic heterocycles. The van der Waals surface area contributed by atoms with Gasteiger partial charge in [0.05, 0.1) is 32.6 Å². The summed E-state index contributed by atoms with van der Waals surface area (Å²) in [6.07, 6.45) is 1.18. The molecule has 0 fully saturated rings. The van der Waals surface area contributed by atoms with Gasteiger partial charge in [-0.1, -0.05) is 0 Å². The molecule has 6 amide bonds. The van der Waals surface area contributed by atoms with E-state index in [4.69, 9.17) is 34.1 Å². The van der Waals surface area contributed by atoms with Crippen LogP contribution in [0, 0.1) is 25.0 Å². The largest absolute Gasteiger partial charge is 0.464 e. The number of hydrogen-bond donors (Lipinski definition) is 6. The molecule has 4 atom stereocenters. The number of ether oxygens (including phenoxy) is 2. The van der Waals surface area contributed by atoms with Crippen LogP contribution in [0.3, 0.4) is 0 Å². The Balaban J connectivity index is 4.68. The molecule has 4 unspecified atom stereocenters. The van der Waals surface area contributed by atoms with E-state index in [0.717, 1.165) is 0 Å². The monoisotopic (exact) mass is 692 g/mol. The van der Waals surface area contributed by atoms with Gasteiger partial charge in [0.1, 0.15) is 25.0 Å². The van der Waals surface area contributed by atoms with Gasteiger partial charge in [0.2, 0.25) is 47.5 Å². The molecule has 0 saturated carbocycles. The minimum absolute atomic E-state index is 0.00340. The third kappa shape index (κ3) is 18.0. The van der Waals surface area contributed by atoms with Crippen LogP contribution in [0.1, 0.15) is 78.1 Å². The average molecular weight is 693 g/mol. The maximum absolute atomic E-state index is 12.3. The zero-order chi connectivity index (χ0) is 37.3. The van der Waals surface area contributed by atoms with Gasteiger partial charge in [0.25, 0.3) is 0 Å². The van der Waals surface area contributed by atoms with Gasteiger partial charge >= 0.3 is 11.9 Å². The second-order valence-electron chi connectivity index (χ2n) is 11.6. The fourth-order valence-corrected chi connectivity index (χ4v) is 4.91. The standard InChI is InChI=1S/C31H48N8O10/c1-30(34-3,13-11-26(44)48-17-15-36-20-40)22(28(32)46)7-5-9-24(42)38-19-39-25(43)10-6-8-23(29(33)47)31(2,35-4)14-12-27(45)49-18-16-37-21-41/h20-23H,5-19H2,1-2H3,(H2,32,46)(H2,33,47)(H,36,40)(H,37,41)(H,38,42)(H,39,43). The van der Waals surface area contributed by atoms with Gasteiger partial charge < -0.3 is 51.9 Å². The second-order valence-corrected chi connectivity index (χ2v) is 11.6. The van der Waals surface area contributed by atoms with Gasteiger partial charge in [-0.25, -0.2) is 13.1 Å². The van der Waals surface area contributed by atoms with Gasteiger partial charge in [0.15, 0.2) is 0 Å². The van der Waals surface area contributed by atoms with E-state index in [0.29, 0.717) is 12.8 Å². The number of hydrogen-bond acceptors (Lipinski definition) is 10. The molecule has 49 heavy (non-hydrogen) atoms. The molecule has 272 valence electrons. The van der Waals surface area contributed by atoms with Crippen LogP contribution >= 0.6 is 0 Å². The van der Waals surface area contributed by atoms with Crippen molar-refractivity contribution in [1.82, 2.24) is 21.3 Å². The predicted octanol–water partition coefficient (Wildman–Crippen LogP) is -0.785. The summed E-state index contributed by atoms with van der Waals surface area (Å²) in [4.78, 5) is 101. The summed E-state index contributed by atoms with van der Waals surface area (Å²) in [5, 5.41) is 9.73. The van der Waals surface area contributed by atoms with Crippen LogP contribution < -0.4 is 32.7 Å². The minimum Gasteiger partial charge on any atom is -0.464 e. The number of carbonyl (C=O) groups is 8. The van der Waals surface area contributed by atoms with Crippen molar-refractivity contribution in [2.75, 3.05) is 33.0 Å². The molecule has 8 N–H and O–H groups in total. The summed E-state index contributed by atoms with van der Waals surface area (Å²) < 4.78 is 9.94. The number of carbonyl (C=O) groups excluding carboxylic acids is 8. The molecular formula is C31H48N8O10. The highest BCUT2D eigenvalue weighted by molar-refractivity contribution is 5.81. The zero-order valence-corrected chi connectivity index (χ0v) is 28.0. The molecule has 18 nitrogen and oxygen atoms in total. The Morgan fingerprint density at radius 3 is 1.37 bits per heavy atom. The molecule has 0 radical (unpaired) electrons. The summed E-state index contributed by atoms with van der Waals surface area (Å²) in [6, 6.07) is 0. The summed E-state index contributed by atoms with van der Waals surface area (Å²) in [6.45, 7) is 18.2. The van der Waals surface area contributed by atoms with Gasteiger partial charge in [-0.15, -0.1) is 0 Å². The highest BCUT2D eigenvalue weighted by Crippen LogP contribution is 2.32. The maximum atomic E-state index is 12.3. The topological polar surface area (TPSA) is 264 Å². The van der Waals surface area contributed by atoms with Crippen molar-refractivity contribution in [3.05, 3.63) is 22.8 Å². The highest BCUT2D eigenvalue weighted by atomic mass is 16.5. The molecule has 0 spiro atoms. The van der Waals surface area contributed by atoms with Crippen molar-refractivity contribution in [1.29, 1.82) is 0 Å². The Morgan fingerprint density at radius 1 is 0.694 bits per heavy atom. The SMILES string of the molecule is [C-]#[N+]C(C)(CCC(=O)OCCNC=O)C(CCCC(=O)NCNC(=O)CCCC(C(N)=O)C(C)(CCC(=O)OCCNC=O)[N+]#[C-])C(N)=O. The third-order valence-corrected chi connectivity index (χ3v) is 7.92. The van der Waals surface area contributed by atoms with E-state index in [1.165, 1.54) is 13.8 Å². The first-order chi connectivity index (χ1) is 23.2. The molecular weight excluding hydrogens is 644 g/mol. The smallest absolute Gasteiger partial charge is 0.306 e. The first kappa shape index (κ1) is 43.7. The van der Waals surface area contributed by atoms with E-state index in [1.807, 2.05) is 0 Å². The molecule has 0 aliphatic rings. The van der Waals surface area contributed by atoms with E-state index in [1.54, 1.807) is 0 Å². The first-order valence-electron chi connectivity index (χ1n) is 15.7. The Bertz CT molecular complexity index is 1140. The number of rotatable bonds is 28. The lowest BCUT2D eigenvalue weighted by atomic mass is 9.79. The van der Waals surface area contributed by atoms with Crippen LogP contribution in [-0.2, 0) is 47.8 Å². The molecule has 0 saturated heterocycles. The van der Waals surface area contributed by atoms with E-state index in [-0.39, 0.29) is 97.2 Å². The Labute approximate surface area is 285 Å². The van der Waals surface area contributed by atoms with E-state index in [2.05, 4.69) is 31.0 Å². The van der Waals surface area contributed by atoms with Crippen molar-refractivity contribution in [3.63, 3.8) is 0 Å². The number of nitrogens with two attached hydrogens (primary N) is 2. The average Bonchev–Trinajstić information content (AvgIpc) is 3.06. The van der Waals surface area contributed by atoms with Crippen molar-refractivity contribution in [2.45, 2.75) is 89.1 Å². The van der Waals surface area contributed by atoms with Crippen LogP contribution in [0.25, 0.3) is 9.69 Å². The predicted molar refractivity (Wildman–Crippen MR) is 173 cm³/mol. The fourth-order valence-electron chi connectivity index (χ4n) is 4.91. The Kier molecular flexibility index (Phi) is 21.4. The molecule has 0 aromatic rings. The molecule has 0 aromatic carbocycles. The van der Waals surface area contributed by atoms with Crippen molar-refractivity contribution in [3.8, 4) is 0 Å². The normalized spacial score (nSPS) is 14.0. The van der Waals surface area contributed by atoms with Crippen molar-refractivity contribution in [2.24, 2.45) is 23.3 Å². The zero-order valence-electron chi connectivity index (χ0n) is 28.0. The molecule has 0 bridgehead atoms. The van der Waals surface area contributed by atoms with Crippen molar-refractivity contribution >= 4 is 48.4 Å². The van der Waals surface area contributed by atoms with Gasteiger partial charge in [-0.2, -0.15) is 0 Å². The molecule has 0 rings (SSSR count). The van der Waals surface area contributed by atoms with E-state index in [9.17, 15) is 38.4 Å². The van der Waals surface area contributed by atoms with Crippen LogP contribution in [0.2, 0.25) is 0 Å². The lowest BCUT2D eigenvalue weighted by Gasteiger charge is -2.25. The lowest BCUT2D eigenvalue weighted by molar-refractivity contribution is -0.145. The number of amides is 6. The Hall–Kier alpha value is -5.26. The molecule has 0 aliphatic carbocycles. The molecule has 18 heteroatoms. The van der Waals surface area contributed by atoms with Gasteiger partial charge in [-0.05, 0) is 25.7 Å². The fraction of sp³-hybridized carbons (Fsp3) is 0.677. The summed E-state index contributed by atoms with van der Waals surface area (Å²) in [5.41, 5.74) is 8.48. The van der Waals surface area contributed by atoms with Gasteiger partial charge in [0, 0.05) is 39.5 Å². The second kappa shape index (κ2) is 24.0. The van der Waals surface area contributed by atoms with Crippen molar-refractivity contribution < 1.29 is 47.8 Å². The van der Waals surface area contributed by atoms with Crippen LogP contribution in [0.5, 0.6) is 0 Å². The third-order valence-electron chi connectivity index (χ3n) is 7.92. The number of nitrogens with one attached hydrogen (secondary N) is 4. The maximum Gasteiger partial charge on any atom is 0.306 e. The highest BCUT2D eigenvalue weighted by Gasteiger charge is 2.45. The number of primary amides is 2. The van der Waals surface area contributed by atoms with Crippen LogP contribution in [-0.4, -0.2) is 92.4 Å². The van der Waals surface area contributed by atoms with Gasteiger partial charge in [-0.3, -0.25) is 38.4 Å². The number of esters is 2. The quantitative estimate of drug-likeness (QED) is 0.0196. The van der Waals surface area contributed by atoms with Crippen LogP contribution in [0.15, 0.2) is 0 Å². The van der Waals surface area contributed by atoms with E-state index >= 15 is 0 Å². The molecule has 0 aliphatic heterocycles. The first-order valence-corrected chi connectivity index (χ1v) is 15.7. The molecule has 0 heterocycles. The number of nitrogens with zero attached hydrogens (tertiary/aromatic N) is 2.